The summed E-state index contributed by atoms with van der Waals surface area (Å²) < 4.78 is 22.7. The average molecular weight is 246 g/mol. The van der Waals surface area contributed by atoms with Crippen molar-refractivity contribution in [1.82, 2.24) is 10.6 Å². The van der Waals surface area contributed by atoms with Crippen LogP contribution in [-0.2, 0) is 9.84 Å². The molecule has 6 heteroatoms. The predicted octanol–water partition coefficient (Wildman–Crippen LogP) is 0.273. The van der Waals surface area contributed by atoms with Crippen molar-refractivity contribution in [2.24, 2.45) is 5.92 Å². The lowest BCUT2D eigenvalue weighted by molar-refractivity contribution is 0.168. The van der Waals surface area contributed by atoms with E-state index in [0.717, 1.165) is 6.42 Å². The van der Waals surface area contributed by atoms with Crippen LogP contribution in [-0.4, -0.2) is 38.0 Å². The number of rotatable bonds is 1. The van der Waals surface area contributed by atoms with Crippen molar-refractivity contribution in [3.8, 4) is 0 Å². The van der Waals surface area contributed by atoms with E-state index < -0.39 is 9.84 Å². The van der Waals surface area contributed by atoms with E-state index in [1.54, 1.807) is 0 Å². The van der Waals surface area contributed by atoms with Gasteiger partial charge in [0.15, 0.2) is 0 Å². The molecule has 0 spiro atoms. The molecule has 2 heterocycles. The normalized spacial score (nSPS) is 35.2. The van der Waals surface area contributed by atoms with Gasteiger partial charge in [-0.3, -0.25) is 0 Å². The lowest BCUT2D eigenvalue weighted by Crippen LogP contribution is -2.61. The van der Waals surface area contributed by atoms with Crippen molar-refractivity contribution < 1.29 is 13.2 Å². The van der Waals surface area contributed by atoms with E-state index in [1.165, 1.54) is 0 Å². The maximum absolute atomic E-state index is 11.3. The molecule has 1 atom stereocenters. The molecule has 2 aliphatic heterocycles. The molecule has 2 N–H and O–H groups in total. The number of hydrogen-bond donors (Lipinski definition) is 2. The van der Waals surface area contributed by atoms with Gasteiger partial charge >= 0.3 is 6.03 Å². The second-order valence-corrected chi connectivity index (χ2v) is 7.28. The molecule has 2 aliphatic rings. The maximum Gasteiger partial charge on any atom is 0.315 e. The molecular formula is C10H18N2O3S. The first kappa shape index (κ1) is 11.7. The number of sulfone groups is 1. The Hall–Kier alpha value is -0.780. The molecule has 0 saturated carbocycles. The van der Waals surface area contributed by atoms with Crippen LogP contribution >= 0.6 is 0 Å². The molecule has 0 aliphatic carbocycles. The number of nitrogens with one attached hydrogen (secondary N) is 2. The van der Waals surface area contributed by atoms with Gasteiger partial charge in [-0.05, 0) is 32.1 Å². The molecule has 0 radical (unpaired) electrons. The summed E-state index contributed by atoms with van der Waals surface area (Å²) >= 11 is 0. The van der Waals surface area contributed by atoms with Crippen LogP contribution in [0.25, 0.3) is 0 Å². The summed E-state index contributed by atoms with van der Waals surface area (Å²) in [5, 5.41) is 5.67. The lowest BCUT2D eigenvalue weighted by Gasteiger charge is -2.43. The standard InChI is InChI=1S/C10H18N2O3S/c1-10(4-5-11-9(13)12-10)8-2-6-16(14,15)7-3-8/h8H,2-7H2,1H3,(H2,11,12,13). The summed E-state index contributed by atoms with van der Waals surface area (Å²) in [7, 11) is -2.82. The van der Waals surface area contributed by atoms with Crippen LogP contribution in [0.15, 0.2) is 0 Å². The Morgan fingerprint density at radius 3 is 2.50 bits per heavy atom. The van der Waals surface area contributed by atoms with Crippen molar-refractivity contribution in [2.75, 3.05) is 18.1 Å². The third-order valence-corrected chi connectivity index (χ3v) is 5.50. The quantitative estimate of drug-likeness (QED) is 0.697. The zero-order valence-corrected chi connectivity index (χ0v) is 10.3. The van der Waals surface area contributed by atoms with Crippen LogP contribution in [0.5, 0.6) is 0 Å². The minimum absolute atomic E-state index is 0.137. The minimum Gasteiger partial charge on any atom is -0.338 e. The number of carbonyl (C=O) groups is 1. The van der Waals surface area contributed by atoms with Crippen molar-refractivity contribution in [1.29, 1.82) is 0 Å². The molecule has 0 bridgehead atoms. The summed E-state index contributed by atoms with van der Waals surface area (Å²) in [6.07, 6.45) is 2.20. The van der Waals surface area contributed by atoms with Crippen LogP contribution < -0.4 is 10.6 Å². The van der Waals surface area contributed by atoms with E-state index in [4.69, 9.17) is 0 Å². The lowest BCUT2D eigenvalue weighted by atomic mass is 9.78. The predicted molar refractivity (Wildman–Crippen MR) is 60.9 cm³/mol. The van der Waals surface area contributed by atoms with E-state index in [9.17, 15) is 13.2 Å². The Morgan fingerprint density at radius 1 is 1.31 bits per heavy atom. The van der Waals surface area contributed by atoms with Gasteiger partial charge in [0.05, 0.1) is 11.5 Å². The molecule has 2 amide bonds. The Labute approximate surface area is 95.9 Å². The van der Waals surface area contributed by atoms with E-state index in [-0.39, 0.29) is 29.0 Å². The molecule has 2 saturated heterocycles. The highest BCUT2D eigenvalue weighted by atomic mass is 32.2. The monoisotopic (exact) mass is 246 g/mol. The molecule has 5 nitrogen and oxygen atoms in total. The zero-order chi connectivity index (χ0) is 11.8. The van der Waals surface area contributed by atoms with E-state index >= 15 is 0 Å². The summed E-state index contributed by atoms with van der Waals surface area (Å²) in [5.41, 5.74) is -0.238. The fraction of sp³-hybridized carbons (Fsp3) is 0.900. The number of hydrogen-bond acceptors (Lipinski definition) is 3. The van der Waals surface area contributed by atoms with Gasteiger partial charge in [-0.1, -0.05) is 0 Å². The molecule has 2 fully saturated rings. The summed E-state index contributed by atoms with van der Waals surface area (Å²) in [5.74, 6) is 0.801. The molecule has 16 heavy (non-hydrogen) atoms. The van der Waals surface area contributed by atoms with Crippen molar-refractivity contribution >= 4 is 15.9 Å². The maximum atomic E-state index is 11.3. The van der Waals surface area contributed by atoms with E-state index in [2.05, 4.69) is 10.6 Å². The molecule has 0 aromatic carbocycles. The Balaban J connectivity index is 2.05. The van der Waals surface area contributed by atoms with Gasteiger partial charge in [-0.25, -0.2) is 13.2 Å². The summed E-state index contributed by atoms with van der Waals surface area (Å²) in [4.78, 5) is 11.3. The highest BCUT2D eigenvalue weighted by molar-refractivity contribution is 7.91. The van der Waals surface area contributed by atoms with Gasteiger partial charge in [-0.2, -0.15) is 0 Å². The molecule has 0 aromatic heterocycles. The number of carbonyl (C=O) groups excluding carboxylic acids is 1. The highest BCUT2D eigenvalue weighted by Gasteiger charge is 2.40. The van der Waals surface area contributed by atoms with Crippen LogP contribution in [0.4, 0.5) is 4.79 Å². The van der Waals surface area contributed by atoms with Gasteiger partial charge in [0.1, 0.15) is 9.84 Å². The van der Waals surface area contributed by atoms with Crippen molar-refractivity contribution in [2.45, 2.75) is 31.7 Å². The molecular weight excluding hydrogens is 228 g/mol. The van der Waals surface area contributed by atoms with Gasteiger partial charge < -0.3 is 10.6 Å². The summed E-state index contributed by atoms with van der Waals surface area (Å²) in [6.45, 7) is 2.69. The zero-order valence-electron chi connectivity index (χ0n) is 9.45. The molecule has 2 rings (SSSR count). The third-order valence-electron chi connectivity index (χ3n) is 3.78. The summed E-state index contributed by atoms with van der Waals surface area (Å²) in [6, 6.07) is -0.137. The Bertz CT molecular complexity index is 379. The minimum atomic E-state index is -2.82. The first-order valence-corrected chi connectivity index (χ1v) is 7.50. The highest BCUT2D eigenvalue weighted by Crippen LogP contribution is 2.32. The Morgan fingerprint density at radius 2 is 1.94 bits per heavy atom. The topological polar surface area (TPSA) is 75.3 Å². The largest absolute Gasteiger partial charge is 0.338 e. The second-order valence-electron chi connectivity index (χ2n) is 4.97. The average Bonchev–Trinajstić information content (AvgIpc) is 2.16. The van der Waals surface area contributed by atoms with E-state index in [1.807, 2.05) is 6.92 Å². The van der Waals surface area contributed by atoms with Gasteiger partial charge in [0.25, 0.3) is 0 Å². The van der Waals surface area contributed by atoms with Crippen LogP contribution in [0, 0.1) is 5.92 Å². The fourth-order valence-electron chi connectivity index (χ4n) is 2.64. The molecule has 0 aromatic rings. The van der Waals surface area contributed by atoms with Gasteiger partial charge in [-0.15, -0.1) is 0 Å². The second kappa shape index (κ2) is 3.91. The SMILES string of the molecule is CC1(C2CCS(=O)(=O)CC2)CCNC(=O)N1. The van der Waals surface area contributed by atoms with E-state index in [0.29, 0.717) is 19.4 Å². The first-order valence-electron chi connectivity index (χ1n) is 5.68. The fourth-order valence-corrected chi connectivity index (χ4v) is 4.13. The van der Waals surface area contributed by atoms with Crippen LogP contribution in [0.2, 0.25) is 0 Å². The van der Waals surface area contributed by atoms with Crippen LogP contribution in [0.1, 0.15) is 26.2 Å². The smallest absolute Gasteiger partial charge is 0.315 e. The Kier molecular flexibility index (Phi) is 2.86. The van der Waals surface area contributed by atoms with Crippen molar-refractivity contribution in [3.63, 3.8) is 0 Å². The first-order chi connectivity index (χ1) is 7.41. The molecule has 1 unspecified atom stereocenters. The number of amides is 2. The van der Waals surface area contributed by atoms with Gasteiger partial charge in [0, 0.05) is 12.1 Å². The van der Waals surface area contributed by atoms with Gasteiger partial charge in [0.2, 0.25) is 0 Å². The molecule has 92 valence electrons. The number of urea groups is 1. The third kappa shape index (κ3) is 2.31. The van der Waals surface area contributed by atoms with Crippen LogP contribution in [0.3, 0.4) is 0 Å². The van der Waals surface area contributed by atoms with Crippen molar-refractivity contribution in [3.05, 3.63) is 0 Å².